The summed E-state index contributed by atoms with van der Waals surface area (Å²) in [5, 5.41) is 11.8. The van der Waals surface area contributed by atoms with E-state index in [-0.39, 0.29) is 11.8 Å². The van der Waals surface area contributed by atoms with Crippen LogP contribution in [0.5, 0.6) is 0 Å². The van der Waals surface area contributed by atoms with Gasteiger partial charge in [0, 0.05) is 16.3 Å². The third kappa shape index (κ3) is 3.48. The number of fused-ring (bicyclic) bond motifs is 4. The highest BCUT2D eigenvalue weighted by Crippen LogP contribution is 2.42. The zero-order valence-corrected chi connectivity index (χ0v) is 22.9. The van der Waals surface area contributed by atoms with Crippen LogP contribution in [0.4, 0.5) is 5.69 Å². The number of hydrogen-bond acceptors (Lipinski definition) is 3. The number of imide groups is 1. The van der Waals surface area contributed by atoms with Crippen LogP contribution in [0.3, 0.4) is 0 Å². The van der Waals surface area contributed by atoms with Crippen molar-refractivity contribution >= 4 is 39.3 Å². The highest BCUT2D eigenvalue weighted by atomic mass is 16.2. The quantitative estimate of drug-likeness (QED) is 0.217. The Morgan fingerprint density at radius 1 is 0.659 bits per heavy atom. The largest absolute Gasteiger partial charge is 0.308 e. The van der Waals surface area contributed by atoms with Crippen LogP contribution in [0.1, 0.15) is 43.0 Å². The van der Waals surface area contributed by atoms with Gasteiger partial charge in [-0.2, -0.15) is 5.26 Å². The van der Waals surface area contributed by atoms with Crippen molar-refractivity contribution in [1.29, 1.82) is 5.26 Å². The van der Waals surface area contributed by atoms with Gasteiger partial charge in [-0.05, 0) is 67.8 Å². The van der Waals surface area contributed by atoms with E-state index in [9.17, 15) is 14.9 Å². The SMILES string of the molecule is Cc1cc(C)c(N2C(=O)c3cccc(-n4c5ccccc5c5c(-c6ccccc6C#N)cccc54)c3C2=O)c(C)c1. The van der Waals surface area contributed by atoms with Gasteiger partial charge < -0.3 is 4.57 Å². The number of nitrogens with zero attached hydrogens (tertiary/aromatic N) is 3. The smallest absolute Gasteiger partial charge is 0.268 e. The number of aromatic nitrogens is 1. The van der Waals surface area contributed by atoms with Gasteiger partial charge in [-0.25, -0.2) is 4.90 Å². The zero-order chi connectivity index (χ0) is 28.4. The Balaban J connectivity index is 1.52. The van der Waals surface area contributed by atoms with E-state index in [0.717, 1.165) is 49.6 Å². The van der Waals surface area contributed by atoms with E-state index < -0.39 is 0 Å². The first kappa shape index (κ1) is 24.6. The summed E-state index contributed by atoms with van der Waals surface area (Å²) in [4.78, 5) is 29.4. The van der Waals surface area contributed by atoms with Gasteiger partial charge in [-0.1, -0.05) is 72.3 Å². The van der Waals surface area contributed by atoms with Crippen LogP contribution in [-0.2, 0) is 0 Å². The first-order chi connectivity index (χ1) is 19.9. The molecule has 5 aromatic carbocycles. The number of amides is 2. The van der Waals surface area contributed by atoms with Crippen molar-refractivity contribution in [2.45, 2.75) is 20.8 Å². The lowest BCUT2D eigenvalue weighted by Gasteiger charge is -2.20. The summed E-state index contributed by atoms with van der Waals surface area (Å²) in [5.74, 6) is -0.640. The fourth-order valence-corrected chi connectivity index (χ4v) is 6.50. The van der Waals surface area contributed by atoms with Gasteiger partial charge in [0.15, 0.2) is 0 Å². The highest BCUT2D eigenvalue weighted by molar-refractivity contribution is 6.36. The van der Waals surface area contributed by atoms with Crippen LogP contribution < -0.4 is 4.90 Å². The molecule has 196 valence electrons. The maximum absolute atomic E-state index is 14.2. The van der Waals surface area contributed by atoms with E-state index in [2.05, 4.69) is 16.7 Å². The molecule has 0 fully saturated rings. The Kier molecular flexibility index (Phi) is 5.42. The Bertz CT molecular complexity index is 2120. The Morgan fingerprint density at radius 2 is 1.29 bits per heavy atom. The van der Waals surface area contributed by atoms with Crippen molar-refractivity contribution < 1.29 is 9.59 Å². The summed E-state index contributed by atoms with van der Waals surface area (Å²) in [6.07, 6.45) is 0. The van der Waals surface area contributed by atoms with Crippen molar-refractivity contribution in [1.82, 2.24) is 4.57 Å². The predicted molar refractivity (Wildman–Crippen MR) is 163 cm³/mol. The molecule has 2 amide bonds. The minimum absolute atomic E-state index is 0.314. The first-order valence-corrected chi connectivity index (χ1v) is 13.5. The summed E-state index contributed by atoms with van der Waals surface area (Å²) in [5.41, 5.74) is 9.14. The summed E-state index contributed by atoms with van der Waals surface area (Å²) in [6, 6.07) is 33.5. The molecule has 7 rings (SSSR count). The molecule has 5 heteroatoms. The van der Waals surface area contributed by atoms with E-state index >= 15 is 0 Å². The van der Waals surface area contributed by atoms with Crippen LogP contribution in [0.2, 0.25) is 0 Å². The van der Waals surface area contributed by atoms with E-state index in [1.807, 2.05) is 106 Å². The van der Waals surface area contributed by atoms with E-state index in [4.69, 9.17) is 0 Å². The van der Waals surface area contributed by atoms with E-state index in [1.165, 1.54) is 4.90 Å². The standard InChI is InChI=1S/C36H25N3O2/c1-21-18-22(2)34(23(3)19-21)39-35(40)28-14-9-17-31(33(28)36(39)41)38-29-15-7-6-12-27(29)32-26(13-8-16-30(32)38)25-11-5-4-10-24(25)20-37/h4-19H,1-3H3. The molecular weight excluding hydrogens is 506 g/mol. The molecule has 0 saturated carbocycles. The van der Waals surface area contributed by atoms with Gasteiger partial charge in [-0.15, -0.1) is 0 Å². The van der Waals surface area contributed by atoms with Crippen LogP contribution >= 0.6 is 0 Å². The number of aryl methyl sites for hydroxylation is 3. The third-order valence-corrected chi connectivity index (χ3v) is 8.03. The van der Waals surface area contributed by atoms with Crippen LogP contribution in [0.25, 0.3) is 38.6 Å². The molecule has 5 nitrogen and oxygen atoms in total. The average Bonchev–Trinajstić information content (AvgIpc) is 3.44. The van der Waals surface area contributed by atoms with Crippen molar-refractivity contribution in [3.05, 3.63) is 130 Å². The summed E-state index contributed by atoms with van der Waals surface area (Å²) >= 11 is 0. The number of nitriles is 1. The molecule has 0 radical (unpaired) electrons. The number of carbonyl (C=O) groups is 2. The van der Waals surface area contributed by atoms with E-state index in [1.54, 1.807) is 6.07 Å². The number of rotatable bonds is 3. The van der Waals surface area contributed by atoms with Crippen molar-refractivity contribution in [3.8, 4) is 22.9 Å². The molecule has 1 aliphatic heterocycles. The maximum Gasteiger partial charge on any atom is 0.268 e. The molecule has 0 spiro atoms. The molecule has 41 heavy (non-hydrogen) atoms. The van der Waals surface area contributed by atoms with Crippen LogP contribution in [-0.4, -0.2) is 16.4 Å². The molecule has 0 N–H and O–H groups in total. The minimum atomic E-state index is -0.326. The third-order valence-electron chi connectivity index (χ3n) is 8.03. The molecule has 0 bridgehead atoms. The Labute approximate surface area is 237 Å². The zero-order valence-electron chi connectivity index (χ0n) is 22.9. The second-order valence-electron chi connectivity index (χ2n) is 10.6. The number of anilines is 1. The van der Waals surface area contributed by atoms with Gasteiger partial charge in [0.2, 0.25) is 0 Å². The molecule has 0 saturated heterocycles. The van der Waals surface area contributed by atoms with Crippen molar-refractivity contribution in [2.75, 3.05) is 4.90 Å². The van der Waals surface area contributed by atoms with Gasteiger partial charge in [0.1, 0.15) is 0 Å². The fraction of sp³-hybridized carbons (Fsp3) is 0.0833. The molecule has 0 unspecified atom stereocenters. The van der Waals surface area contributed by atoms with Gasteiger partial charge in [0.05, 0.1) is 45.2 Å². The lowest BCUT2D eigenvalue weighted by atomic mass is 9.96. The molecule has 0 atom stereocenters. The summed E-state index contributed by atoms with van der Waals surface area (Å²) in [6.45, 7) is 5.89. The monoisotopic (exact) mass is 531 g/mol. The molecule has 0 aliphatic carbocycles. The molecule has 2 heterocycles. The Morgan fingerprint density at radius 3 is 2.07 bits per heavy atom. The second-order valence-corrected chi connectivity index (χ2v) is 10.6. The lowest BCUT2D eigenvalue weighted by Crippen LogP contribution is -2.31. The normalized spacial score (nSPS) is 12.8. The van der Waals surface area contributed by atoms with Crippen molar-refractivity contribution in [2.24, 2.45) is 0 Å². The molecule has 6 aromatic rings. The molecule has 1 aromatic heterocycles. The van der Waals surface area contributed by atoms with Crippen molar-refractivity contribution in [3.63, 3.8) is 0 Å². The number of carbonyl (C=O) groups excluding carboxylic acids is 2. The number of benzene rings is 5. The number of hydrogen-bond donors (Lipinski definition) is 0. The lowest BCUT2D eigenvalue weighted by molar-refractivity contribution is 0.0925. The molecular formula is C36H25N3O2. The van der Waals surface area contributed by atoms with Crippen LogP contribution in [0, 0.1) is 32.1 Å². The van der Waals surface area contributed by atoms with Crippen LogP contribution in [0.15, 0.2) is 97.1 Å². The minimum Gasteiger partial charge on any atom is -0.308 e. The highest BCUT2D eigenvalue weighted by Gasteiger charge is 2.40. The summed E-state index contributed by atoms with van der Waals surface area (Å²) < 4.78 is 2.07. The maximum atomic E-state index is 14.2. The van der Waals surface area contributed by atoms with Gasteiger partial charge in [-0.3, -0.25) is 9.59 Å². The summed E-state index contributed by atoms with van der Waals surface area (Å²) in [7, 11) is 0. The van der Waals surface area contributed by atoms with E-state index in [0.29, 0.717) is 28.1 Å². The fourth-order valence-electron chi connectivity index (χ4n) is 6.50. The topological polar surface area (TPSA) is 66.1 Å². The Hall–Kier alpha value is -5.47. The second kappa shape index (κ2) is 9.04. The van der Waals surface area contributed by atoms with Gasteiger partial charge >= 0.3 is 0 Å². The molecule has 1 aliphatic rings. The number of para-hydroxylation sites is 1. The average molecular weight is 532 g/mol. The first-order valence-electron chi connectivity index (χ1n) is 13.5. The van der Waals surface area contributed by atoms with Gasteiger partial charge in [0.25, 0.3) is 11.8 Å². The predicted octanol–water partition coefficient (Wildman–Crippen LogP) is 8.05.